The number of hydrogen-bond acceptors (Lipinski definition) is 4. The van der Waals surface area contributed by atoms with E-state index >= 15 is 0 Å². The molecular weight excluding hydrogens is 316 g/mol. The molecule has 130 valence electrons. The van der Waals surface area contributed by atoms with E-state index in [0.717, 1.165) is 43.6 Å². The highest BCUT2D eigenvalue weighted by molar-refractivity contribution is 5.86. The van der Waals surface area contributed by atoms with Crippen LogP contribution in [0.3, 0.4) is 0 Å². The molecule has 0 spiro atoms. The molecule has 0 aliphatic heterocycles. The van der Waals surface area contributed by atoms with Crippen molar-refractivity contribution in [2.45, 2.75) is 44.1 Å². The molecule has 5 nitrogen and oxygen atoms in total. The molecule has 1 aliphatic carbocycles. The molecule has 0 aromatic heterocycles. The number of benzene rings is 1. The predicted molar refractivity (Wildman–Crippen MR) is 93.4 cm³/mol. The summed E-state index contributed by atoms with van der Waals surface area (Å²) in [7, 11) is 1.63. The van der Waals surface area contributed by atoms with Crippen molar-refractivity contribution >= 4 is 18.3 Å². The Bertz CT molecular complexity index is 473. The average Bonchev–Trinajstić information content (AvgIpc) is 2.55. The average molecular weight is 343 g/mol. The molecule has 0 heterocycles. The van der Waals surface area contributed by atoms with E-state index in [1.165, 1.54) is 6.42 Å². The quantitative estimate of drug-likeness (QED) is 0.747. The van der Waals surface area contributed by atoms with Gasteiger partial charge in [-0.1, -0.05) is 19.3 Å². The van der Waals surface area contributed by atoms with Gasteiger partial charge in [0.05, 0.1) is 19.3 Å². The Hall–Kier alpha value is -1.46. The zero-order valence-corrected chi connectivity index (χ0v) is 14.5. The molecule has 2 rings (SSSR count). The van der Waals surface area contributed by atoms with Gasteiger partial charge in [-0.3, -0.25) is 4.79 Å². The lowest BCUT2D eigenvalue weighted by atomic mass is 9.82. The van der Waals surface area contributed by atoms with Crippen molar-refractivity contribution < 1.29 is 14.3 Å². The number of methoxy groups -OCH3 is 1. The highest BCUT2D eigenvalue weighted by Crippen LogP contribution is 2.25. The number of amides is 1. The van der Waals surface area contributed by atoms with Gasteiger partial charge in [0.1, 0.15) is 11.5 Å². The summed E-state index contributed by atoms with van der Waals surface area (Å²) in [5.74, 6) is 1.59. The van der Waals surface area contributed by atoms with Crippen LogP contribution in [0.15, 0.2) is 24.3 Å². The van der Waals surface area contributed by atoms with Gasteiger partial charge in [-0.2, -0.15) is 0 Å². The van der Waals surface area contributed by atoms with Crippen molar-refractivity contribution in [3.63, 3.8) is 0 Å². The van der Waals surface area contributed by atoms with Crippen molar-refractivity contribution in [2.75, 3.05) is 20.3 Å². The number of hydrogen-bond donors (Lipinski definition) is 2. The maximum atomic E-state index is 12.1. The van der Waals surface area contributed by atoms with Gasteiger partial charge in [0.2, 0.25) is 5.91 Å². The van der Waals surface area contributed by atoms with Crippen LogP contribution in [0.2, 0.25) is 0 Å². The SMILES string of the molecule is COc1ccc(OCCCNC(=O)C2(N)CCCCC2)cc1.Cl. The lowest BCUT2D eigenvalue weighted by Gasteiger charge is -2.31. The fraction of sp³-hybridized carbons (Fsp3) is 0.588. The summed E-state index contributed by atoms with van der Waals surface area (Å²) in [6, 6.07) is 7.46. The molecule has 23 heavy (non-hydrogen) atoms. The summed E-state index contributed by atoms with van der Waals surface area (Å²) in [6.07, 6.45) is 5.62. The van der Waals surface area contributed by atoms with Crippen molar-refractivity contribution in [2.24, 2.45) is 5.73 Å². The zero-order chi connectivity index (χ0) is 15.8. The smallest absolute Gasteiger partial charge is 0.240 e. The monoisotopic (exact) mass is 342 g/mol. The molecular formula is C17H27ClN2O3. The molecule has 0 bridgehead atoms. The van der Waals surface area contributed by atoms with Crippen LogP contribution in [-0.4, -0.2) is 31.7 Å². The minimum absolute atomic E-state index is 0. The minimum Gasteiger partial charge on any atom is -0.497 e. The van der Waals surface area contributed by atoms with E-state index in [-0.39, 0.29) is 18.3 Å². The fourth-order valence-electron chi connectivity index (χ4n) is 2.72. The van der Waals surface area contributed by atoms with E-state index < -0.39 is 5.54 Å². The second-order valence-corrected chi connectivity index (χ2v) is 5.85. The first kappa shape index (κ1) is 19.6. The van der Waals surface area contributed by atoms with Crippen LogP contribution in [0.5, 0.6) is 11.5 Å². The fourth-order valence-corrected chi connectivity index (χ4v) is 2.72. The number of nitrogens with two attached hydrogens (primary N) is 1. The number of carbonyl (C=O) groups excluding carboxylic acids is 1. The van der Waals surface area contributed by atoms with Crippen molar-refractivity contribution in [3.05, 3.63) is 24.3 Å². The zero-order valence-electron chi connectivity index (χ0n) is 13.7. The Labute approximate surface area is 144 Å². The Morgan fingerprint density at radius 2 is 1.78 bits per heavy atom. The maximum absolute atomic E-state index is 12.1. The molecule has 0 saturated heterocycles. The summed E-state index contributed by atoms with van der Waals surface area (Å²) in [4.78, 5) is 12.1. The molecule has 3 N–H and O–H groups in total. The number of nitrogens with one attached hydrogen (secondary N) is 1. The molecule has 1 aromatic rings. The lowest BCUT2D eigenvalue weighted by molar-refractivity contribution is -0.127. The van der Waals surface area contributed by atoms with E-state index in [1.807, 2.05) is 24.3 Å². The first-order chi connectivity index (χ1) is 10.6. The Balaban J connectivity index is 0.00000264. The van der Waals surface area contributed by atoms with Crippen LogP contribution in [-0.2, 0) is 4.79 Å². The van der Waals surface area contributed by atoms with Crippen LogP contribution in [0.4, 0.5) is 0 Å². The first-order valence-electron chi connectivity index (χ1n) is 7.98. The van der Waals surface area contributed by atoms with E-state index in [2.05, 4.69) is 5.32 Å². The summed E-state index contributed by atoms with van der Waals surface area (Å²) in [6.45, 7) is 1.15. The molecule has 0 atom stereocenters. The standard InChI is InChI=1S/C17H26N2O3.ClH/c1-21-14-6-8-15(9-7-14)22-13-5-12-19-16(20)17(18)10-3-2-4-11-17;/h6-9H,2-5,10-13,18H2,1H3,(H,19,20);1H. The Morgan fingerprint density at radius 3 is 2.39 bits per heavy atom. The van der Waals surface area contributed by atoms with Gasteiger partial charge in [-0.15, -0.1) is 12.4 Å². The molecule has 1 saturated carbocycles. The second-order valence-electron chi connectivity index (χ2n) is 5.85. The Morgan fingerprint density at radius 1 is 1.17 bits per heavy atom. The van der Waals surface area contributed by atoms with Crippen LogP contribution < -0.4 is 20.5 Å². The topological polar surface area (TPSA) is 73.6 Å². The van der Waals surface area contributed by atoms with Crippen LogP contribution in [0.25, 0.3) is 0 Å². The second kappa shape index (κ2) is 9.63. The third-order valence-corrected chi connectivity index (χ3v) is 4.13. The van der Waals surface area contributed by atoms with E-state index in [1.54, 1.807) is 7.11 Å². The minimum atomic E-state index is -0.658. The normalized spacial score (nSPS) is 16.1. The van der Waals surface area contributed by atoms with Crippen LogP contribution in [0.1, 0.15) is 38.5 Å². The van der Waals surface area contributed by atoms with Gasteiger partial charge in [0.15, 0.2) is 0 Å². The highest BCUT2D eigenvalue weighted by Gasteiger charge is 2.34. The highest BCUT2D eigenvalue weighted by atomic mass is 35.5. The number of carbonyl (C=O) groups is 1. The molecule has 1 aliphatic rings. The van der Waals surface area contributed by atoms with E-state index in [0.29, 0.717) is 13.2 Å². The van der Waals surface area contributed by atoms with Gasteiger partial charge < -0.3 is 20.5 Å². The lowest BCUT2D eigenvalue weighted by Crippen LogP contribution is -2.55. The van der Waals surface area contributed by atoms with Gasteiger partial charge in [0.25, 0.3) is 0 Å². The van der Waals surface area contributed by atoms with Crippen molar-refractivity contribution in [1.29, 1.82) is 0 Å². The van der Waals surface area contributed by atoms with Gasteiger partial charge in [-0.05, 0) is 43.5 Å². The van der Waals surface area contributed by atoms with Crippen LogP contribution >= 0.6 is 12.4 Å². The van der Waals surface area contributed by atoms with Crippen molar-refractivity contribution in [3.8, 4) is 11.5 Å². The number of rotatable bonds is 7. The van der Waals surface area contributed by atoms with Gasteiger partial charge >= 0.3 is 0 Å². The third kappa shape index (κ3) is 5.92. The van der Waals surface area contributed by atoms with E-state index in [9.17, 15) is 4.79 Å². The van der Waals surface area contributed by atoms with Crippen LogP contribution in [0, 0.1) is 0 Å². The molecule has 1 aromatic carbocycles. The van der Waals surface area contributed by atoms with Gasteiger partial charge in [0, 0.05) is 6.54 Å². The summed E-state index contributed by atoms with van der Waals surface area (Å²) >= 11 is 0. The number of ether oxygens (including phenoxy) is 2. The summed E-state index contributed by atoms with van der Waals surface area (Å²) < 4.78 is 10.7. The molecule has 0 unspecified atom stereocenters. The molecule has 1 amide bonds. The third-order valence-electron chi connectivity index (χ3n) is 4.13. The molecule has 0 radical (unpaired) electrons. The molecule has 1 fully saturated rings. The van der Waals surface area contributed by atoms with E-state index in [4.69, 9.17) is 15.2 Å². The van der Waals surface area contributed by atoms with Gasteiger partial charge in [-0.25, -0.2) is 0 Å². The summed E-state index contributed by atoms with van der Waals surface area (Å²) in [5.41, 5.74) is 5.52. The predicted octanol–water partition coefficient (Wildman–Crippen LogP) is 2.66. The van der Waals surface area contributed by atoms with Crippen molar-refractivity contribution in [1.82, 2.24) is 5.32 Å². The molecule has 6 heteroatoms. The largest absolute Gasteiger partial charge is 0.497 e. The Kier molecular flexibility index (Phi) is 8.20. The summed E-state index contributed by atoms with van der Waals surface area (Å²) in [5, 5.41) is 2.93. The first-order valence-corrected chi connectivity index (χ1v) is 7.98. The number of halogens is 1. The maximum Gasteiger partial charge on any atom is 0.240 e.